The van der Waals surface area contributed by atoms with Gasteiger partial charge in [-0.2, -0.15) is 4.98 Å². The zero-order valence-electron chi connectivity index (χ0n) is 15.6. The number of methoxy groups -OCH3 is 1. The van der Waals surface area contributed by atoms with E-state index in [0.717, 1.165) is 48.0 Å². The number of benzene rings is 1. The summed E-state index contributed by atoms with van der Waals surface area (Å²) >= 11 is 0. The van der Waals surface area contributed by atoms with Gasteiger partial charge in [-0.05, 0) is 32.9 Å². The number of aromatic nitrogens is 3. The Morgan fingerprint density at radius 2 is 1.96 bits per heavy atom. The Labute approximate surface area is 152 Å². The van der Waals surface area contributed by atoms with Gasteiger partial charge in [0.05, 0.1) is 24.0 Å². The summed E-state index contributed by atoms with van der Waals surface area (Å²) in [5.74, 6) is 1.79. The molecule has 1 fully saturated rings. The van der Waals surface area contributed by atoms with Gasteiger partial charge in [0.25, 0.3) is 5.71 Å². The molecule has 0 aliphatic carbocycles. The summed E-state index contributed by atoms with van der Waals surface area (Å²) in [6.07, 6.45) is 1.54. The third-order valence-electron chi connectivity index (χ3n) is 5.00. The number of piperazine rings is 1. The van der Waals surface area contributed by atoms with Crippen molar-refractivity contribution >= 4 is 22.6 Å². The number of aryl methyl sites for hydroxylation is 1. The summed E-state index contributed by atoms with van der Waals surface area (Å²) in [5, 5.41) is 4.94. The maximum atomic E-state index is 5.57. The average Bonchev–Trinajstić information content (AvgIpc) is 3.02. The van der Waals surface area contributed by atoms with Crippen LogP contribution in [0, 0.1) is 6.92 Å². The fourth-order valence-electron chi connectivity index (χ4n) is 3.78. The van der Waals surface area contributed by atoms with E-state index < -0.39 is 0 Å². The minimum absolute atomic E-state index is 0.102. The summed E-state index contributed by atoms with van der Waals surface area (Å²) in [5.41, 5.74) is 2.38. The first-order chi connectivity index (χ1) is 12.5. The van der Waals surface area contributed by atoms with Gasteiger partial charge >= 0.3 is 0 Å². The molecule has 7 heteroatoms. The molecule has 0 radical (unpaired) electrons. The Morgan fingerprint density at radius 3 is 2.73 bits per heavy atom. The van der Waals surface area contributed by atoms with Crippen molar-refractivity contribution in [2.75, 3.05) is 36.5 Å². The van der Waals surface area contributed by atoms with Crippen LogP contribution in [0.4, 0.5) is 11.5 Å². The summed E-state index contributed by atoms with van der Waals surface area (Å²) in [4.78, 5) is 13.4. The molecule has 0 saturated carbocycles. The first-order valence-corrected chi connectivity index (χ1v) is 8.74. The van der Waals surface area contributed by atoms with Gasteiger partial charge in [0.15, 0.2) is 0 Å². The van der Waals surface area contributed by atoms with E-state index in [-0.39, 0.29) is 5.54 Å². The largest absolute Gasteiger partial charge is 0.495 e. The highest BCUT2D eigenvalue weighted by Gasteiger charge is 2.36. The summed E-state index contributed by atoms with van der Waals surface area (Å²) in [6.45, 7) is 8.94. The maximum Gasteiger partial charge on any atom is 0.263 e. The lowest BCUT2D eigenvalue weighted by Gasteiger charge is -2.49. The van der Waals surface area contributed by atoms with Gasteiger partial charge in [-0.25, -0.2) is 4.98 Å². The number of hydrogen-bond acceptors (Lipinski definition) is 7. The lowest BCUT2D eigenvalue weighted by Crippen LogP contribution is -2.60. The van der Waals surface area contributed by atoms with Crippen molar-refractivity contribution in [1.82, 2.24) is 15.1 Å². The maximum absolute atomic E-state index is 5.57. The van der Waals surface area contributed by atoms with Gasteiger partial charge in [0, 0.05) is 19.6 Å². The van der Waals surface area contributed by atoms with E-state index >= 15 is 0 Å². The van der Waals surface area contributed by atoms with Crippen LogP contribution in [-0.4, -0.2) is 47.4 Å². The van der Waals surface area contributed by atoms with Crippen LogP contribution in [-0.2, 0) is 0 Å². The van der Waals surface area contributed by atoms with Crippen molar-refractivity contribution in [1.29, 1.82) is 0 Å². The van der Waals surface area contributed by atoms with Crippen LogP contribution in [0.1, 0.15) is 19.5 Å². The van der Waals surface area contributed by atoms with E-state index in [2.05, 4.69) is 50.9 Å². The van der Waals surface area contributed by atoms with Crippen LogP contribution in [0.25, 0.3) is 11.1 Å². The van der Waals surface area contributed by atoms with Crippen molar-refractivity contribution in [2.24, 2.45) is 0 Å². The number of anilines is 2. The quantitative estimate of drug-likeness (QED) is 0.717. The van der Waals surface area contributed by atoms with Crippen molar-refractivity contribution in [3.05, 3.63) is 36.3 Å². The predicted octanol–water partition coefficient (Wildman–Crippen LogP) is 3.04. The molecule has 1 aliphatic rings. The van der Waals surface area contributed by atoms with Crippen LogP contribution in [0.2, 0.25) is 0 Å². The lowest BCUT2D eigenvalue weighted by molar-refractivity contribution is 0.388. The second kappa shape index (κ2) is 6.16. The second-order valence-corrected chi connectivity index (χ2v) is 7.20. The SMILES string of the molecule is COc1ccccc1N1CCN(c2ncnc3onc(C)c23)CC1(C)C. The minimum Gasteiger partial charge on any atom is -0.495 e. The number of ether oxygens (including phenoxy) is 1. The standard InChI is InChI=1S/C19H23N5O2/c1-13-16-17(20-12-21-18(16)26-22-13)23-9-10-24(19(2,3)11-23)14-7-5-6-8-15(14)25-4/h5-8,12H,9-11H2,1-4H3. The molecule has 1 saturated heterocycles. The molecular formula is C19H23N5O2. The molecule has 7 nitrogen and oxygen atoms in total. The van der Waals surface area contributed by atoms with Crippen LogP contribution < -0.4 is 14.5 Å². The monoisotopic (exact) mass is 353 g/mol. The Balaban J connectivity index is 1.68. The Bertz CT molecular complexity index is 937. The van der Waals surface area contributed by atoms with Crippen LogP contribution in [0.3, 0.4) is 0 Å². The molecule has 2 aromatic heterocycles. The zero-order valence-corrected chi connectivity index (χ0v) is 15.6. The molecule has 26 heavy (non-hydrogen) atoms. The Kier molecular flexibility index (Phi) is 3.94. The van der Waals surface area contributed by atoms with Gasteiger partial charge in [-0.15, -0.1) is 0 Å². The fraction of sp³-hybridized carbons (Fsp3) is 0.421. The number of para-hydroxylation sites is 2. The van der Waals surface area contributed by atoms with Gasteiger partial charge in [0.2, 0.25) is 0 Å². The molecule has 4 rings (SSSR count). The Morgan fingerprint density at radius 1 is 1.15 bits per heavy atom. The van der Waals surface area contributed by atoms with Gasteiger partial charge in [-0.3, -0.25) is 0 Å². The van der Waals surface area contributed by atoms with Crippen LogP contribution in [0.15, 0.2) is 35.1 Å². The highest BCUT2D eigenvalue weighted by atomic mass is 16.5. The second-order valence-electron chi connectivity index (χ2n) is 7.20. The molecular weight excluding hydrogens is 330 g/mol. The Hall–Kier alpha value is -2.83. The number of rotatable bonds is 3. The average molecular weight is 353 g/mol. The van der Waals surface area contributed by atoms with E-state index in [9.17, 15) is 0 Å². The first kappa shape index (κ1) is 16.6. The molecule has 3 aromatic rings. The molecule has 3 heterocycles. The third-order valence-corrected chi connectivity index (χ3v) is 5.00. The lowest BCUT2D eigenvalue weighted by atomic mass is 9.97. The van der Waals surface area contributed by atoms with E-state index in [0.29, 0.717) is 5.71 Å². The first-order valence-electron chi connectivity index (χ1n) is 8.74. The topological polar surface area (TPSA) is 67.5 Å². The summed E-state index contributed by atoms with van der Waals surface area (Å²) in [6, 6.07) is 8.17. The summed E-state index contributed by atoms with van der Waals surface area (Å²) < 4.78 is 10.9. The predicted molar refractivity (Wildman–Crippen MR) is 101 cm³/mol. The summed E-state index contributed by atoms with van der Waals surface area (Å²) in [7, 11) is 1.72. The molecule has 0 unspecified atom stereocenters. The smallest absolute Gasteiger partial charge is 0.263 e. The highest BCUT2D eigenvalue weighted by molar-refractivity contribution is 5.88. The molecule has 0 amide bonds. The number of hydrogen-bond donors (Lipinski definition) is 0. The zero-order chi connectivity index (χ0) is 18.3. The highest BCUT2D eigenvalue weighted by Crippen LogP contribution is 2.36. The molecule has 0 atom stereocenters. The van der Waals surface area contributed by atoms with Crippen molar-refractivity contribution < 1.29 is 9.26 Å². The minimum atomic E-state index is -0.102. The van der Waals surface area contributed by atoms with Crippen molar-refractivity contribution in [2.45, 2.75) is 26.3 Å². The van der Waals surface area contributed by atoms with Gasteiger partial charge in [-0.1, -0.05) is 17.3 Å². The van der Waals surface area contributed by atoms with E-state index in [1.165, 1.54) is 0 Å². The molecule has 0 bridgehead atoms. The van der Waals surface area contributed by atoms with E-state index in [4.69, 9.17) is 9.26 Å². The van der Waals surface area contributed by atoms with Gasteiger partial charge < -0.3 is 19.1 Å². The molecule has 1 aliphatic heterocycles. The van der Waals surface area contributed by atoms with E-state index in [1.807, 2.05) is 19.1 Å². The third kappa shape index (κ3) is 2.64. The molecule has 0 spiro atoms. The molecule has 0 N–H and O–H groups in total. The molecule has 1 aromatic carbocycles. The van der Waals surface area contributed by atoms with Gasteiger partial charge in [0.1, 0.15) is 23.3 Å². The van der Waals surface area contributed by atoms with E-state index in [1.54, 1.807) is 13.4 Å². The van der Waals surface area contributed by atoms with Crippen molar-refractivity contribution in [3.8, 4) is 5.75 Å². The van der Waals surface area contributed by atoms with Crippen LogP contribution in [0.5, 0.6) is 5.75 Å². The number of fused-ring (bicyclic) bond motifs is 1. The van der Waals surface area contributed by atoms with Crippen molar-refractivity contribution in [3.63, 3.8) is 0 Å². The molecule has 136 valence electrons. The van der Waals surface area contributed by atoms with Crippen LogP contribution >= 0.6 is 0 Å². The number of nitrogens with zero attached hydrogens (tertiary/aromatic N) is 5. The fourth-order valence-corrected chi connectivity index (χ4v) is 3.78. The normalized spacial score (nSPS) is 16.9.